The van der Waals surface area contributed by atoms with Crippen LogP contribution >= 0.6 is 0 Å². The Hall–Kier alpha value is -1.64. The topological polar surface area (TPSA) is 40.5 Å². The maximum Gasteiger partial charge on any atom is 0.0481 e. The van der Waals surface area contributed by atoms with E-state index in [1.165, 1.54) is 55.2 Å². The fourth-order valence-electron chi connectivity index (χ4n) is 4.92. The van der Waals surface area contributed by atoms with E-state index < -0.39 is 0 Å². The van der Waals surface area contributed by atoms with Gasteiger partial charge in [-0.15, -0.1) is 0 Å². The lowest BCUT2D eigenvalue weighted by Gasteiger charge is -2.28. The predicted molar refractivity (Wildman–Crippen MR) is 126 cm³/mol. The van der Waals surface area contributed by atoms with Crippen LogP contribution in [0, 0.1) is 11.8 Å². The Morgan fingerprint density at radius 1 is 0.733 bits per heavy atom. The van der Waals surface area contributed by atoms with Gasteiger partial charge in [-0.25, -0.2) is 0 Å². The van der Waals surface area contributed by atoms with E-state index in [1.807, 2.05) is 0 Å². The van der Waals surface area contributed by atoms with Crippen LogP contribution in [0.1, 0.15) is 80.0 Å². The van der Waals surface area contributed by atoms with E-state index in [0.717, 1.165) is 37.5 Å². The zero-order valence-electron chi connectivity index (χ0n) is 18.7. The van der Waals surface area contributed by atoms with Crippen molar-refractivity contribution in [2.45, 2.75) is 77.0 Å². The van der Waals surface area contributed by atoms with Gasteiger partial charge in [-0.1, -0.05) is 68.3 Å². The second-order valence-corrected chi connectivity index (χ2v) is 9.33. The first-order chi connectivity index (χ1) is 14.7. The summed E-state index contributed by atoms with van der Waals surface area (Å²) in [5.41, 5.74) is 5.62. The molecule has 3 rings (SSSR count). The Morgan fingerprint density at radius 3 is 1.73 bits per heavy atom. The van der Waals surface area contributed by atoms with Gasteiger partial charge in [0.25, 0.3) is 0 Å². The zero-order chi connectivity index (χ0) is 21.2. The van der Waals surface area contributed by atoms with Crippen LogP contribution in [0.15, 0.2) is 48.5 Å². The van der Waals surface area contributed by atoms with Crippen molar-refractivity contribution in [3.63, 3.8) is 0 Å². The number of aliphatic hydroxyl groups excluding tert-OH is 2. The van der Waals surface area contributed by atoms with Gasteiger partial charge in [-0.2, -0.15) is 0 Å². The standard InChI is InChI=1S/C28H40O2/c1-2-3-22-12-16-27(17-13-22)28-18-14-25(15-19-28)9-8-23-4-6-24(7-5-23)10-11-26(20-29)21-30/h4-7,14-15,18-19,22,26-27,29-30H,2-3,8-13,16-17,20-21H2,1H3. The number of hydrogen-bond donors (Lipinski definition) is 2. The van der Waals surface area contributed by atoms with E-state index >= 15 is 0 Å². The fraction of sp³-hybridized carbons (Fsp3) is 0.571. The van der Waals surface area contributed by atoms with Crippen LogP contribution in [0.3, 0.4) is 0 Å². The fourth-order valence-corrected chi connectivity index (χ4v) is 4.92. The van der Waals surface area contributed by atoms with Gasteiger partial charge < -0.3 is 10.2 Å². The van der Waals surface area contributed by atoms with E-state index in [1.54, 1.807) is 5.56 Å². The molecule has 0 aromatic heterocycles. The molecule has 2 aromatic rings. The summed E-state index contributed by atoms with van der Waals surface area (Å²) in [5, 5.41) is 18.4. The van der Waals surface area contributed by atoms with Gasteiger partial charge in [-0.05, 0) is 85.5 Å². The molecule has 0 atom stereocenters. The lowest BCUT2D eigenvalue weighted by molar-refractivity contribution is 0.144. The Kier molecular flexibility index (Phi) is 9.42. The molecule has 0 heterocycles. The van der Waals surface area contributed by atoms with Gasteiger partial charge in [0.1, 0.15) is 0 Å². The first-order valence-corrected chi connectivity index (χ1v) is 12.1. The smallest absolute Gasteiger partial charge is 0.0481 e. The first kappa shape index (κ1) is 23.0. The second kappa shape index (κ2) is 12.3. The molecule has 1 aliphatic carbocycles. The summed E-state index contributed by atoms with van der Waals surface area (Å²) < 4.78 is 0. The van der Waals surface area contributed by atoms with Crippen molar-refractivity contribution in [1.29, 1.82) is 0 Å². The summed E-state index contributed by atoms with van der Waals surface area (Å²) in [6.45, 7) is 2.44. The van der Waals surface area contributed by atoms with Crippen molar-refractivity contribution in [3.05, 3.63) is 70.8 Å². The summed E-state index contributed by atoms with van der Waals surface area (Å²) in [4.78, 5) is 0. The molecular formula is C28H40O2. The van der Waals surface area contributed by atoms with E-state index in [0.29, 0.717) is 0 Å². The van der Waals surface area contributed by atoms with Gasteiger partial charge in [0, 0.05) is 19.1 Å². The van der Waals surface area contributed by atoms with Crippen LogP contribution in [-0.4, -0.2) is 23.4 Å². The molecule has 2 heteroatoms. The van der Waals surface area contributed by atoms with Gasteiger partial charge in [0.05, 0.1) is 0 Å². The molecule has 2 N–H and O–H groups in total. The molecule has 0 aliphatic heterocycles. The molecular weight excluding hydrogens is 368 g/mol. The highest BCUT2D eigenvalue weighted by molar-refractivity contribution is 5.28. The number of rotatable bonds is 11. The summed E-state index contributed by atoms with van der Waals surface area (Å²) in [5.74, 6) is 1.75. The minimum atomic E-state index is -0.000901. The Balaban J connectivity index is 1.44. The molecule has 2 nitrogen and oxygen atoms in total. The normalized spacial score (nSPS) is 19.3. The highest BCUT2D eigenvalue weighted by Gasteiger charge is 2.21. The molecule has 0 spiro atoms. The molecule has 0 bridgehead atoms. The van der Waals surface area contributed by atoms with E-state index in [2.05, 4.69) is 55.5 Å². The van der Waals surface area contributed by atoms with Gasteiger partial charge in [0.2, 0.25) is 0 Å². The van der Waals surface area contributed by atoms with Crippen LogP contribution in [0.2, 0.25) is 0 Å². The minimum absolute atomic E-state index is 0.000901. The second-order valence-electron chi connectivity index (χ2n) is 9.33. The molecule has 0 amide bonds. The van der Waals surface area contributed by atoms with Crippen LogP contribution in [0.4, 0.5) is 0 Å². The van der Waals surface area contributed by atoms with E-state index in [-0.39, 0.29) is 19.1 Å². The molecule has 0 unspecified atom stereocenters. The number of benzene rings is 2. The average Bonchev–Trinajstić information content (AvgIpc) is 2.80. The zero-order valence-corrected chi connectivity index (χ0v) is 18.7. The van der Waals surface area contributed by atoms with Crippen LogP contribution < -0.4 is 0 Å². The average molecular weight is 409 g/mol. The highest BCUT2D eigenvalue weighted by atomic mass is 16.3. The first-order valence-electron chi connectivity index (χ1n) is 12.1. The number of aryl methyl sites for hydroxylation is 3. The summed E-state index contributed by atoms with van der Waals surface area (Å²) in [7, 11) is 0. The van der Waals surface area contributed by atoms with Gasteiger partial charge in [0.15, 0.2) is 0 Å². The van der Waals surface area contributed by atoms with Crippen molar-refractivity contribution < 1.29 is 10.2 Å². The minimum Gasteiger partial charge on any atom is -0.396 e. The van der Waals surface area contributed by atoms with Crippen molar-refractivity contribution >= 4 is 0 Å². The van der Waals surface area contributed by atoms with Crippen LogP contribution in [-0.2, 0) is 19.3 Å². The Bertz CT molecular complexity index is 707. The molecule has 164 valence electrons. The molecule has 1 saturated carbocycles. The van der Waals surface area contributed by atoms with Crippen LogP contribution in [0.5, 0.6) is 0 Å². The third-order valence-corrected chi connectivity index (χ3v) is 7.08. The van der Waals surface area contributed by atoms with Crippen molar-refractivity contribution in [2.24, 2.45) is 11.8 Å². The highest BCUT2D eigenvalue weighted by Crippen LogP contribution is 2.37. The largest absolute Gasteiger partial charge is 0.396 e. The third-order valence-electron chi connectivity index (χ3n) is 7.08. The summed E-state index contributed by atoms with van der Waals surface area (Å²) in [6.07, 6.45) is 12.2. The quantitative estimate of drug-likeness (QED) is 0.473. The predicted octanol–water partition coefficient (Wildman–Crippen LogP) is 6.08. The van der Waals surface area contributed by atoms with E-state index in [9.17, 15) is 10.2 Å². The SMILES string of the molecule is CCCC1CCC(c2ccc(CCc3ccc(CCC(CO)CO)cc3)cc2)CC1. The summed E-state index contributed by atoms with van der Waals surface area (Å²) >= 11 is 0. The monoisotopic (exact) mass is 408 g/mol. The number of aliphatic hydroxyl groups is 2. The molecule has 0 saturated heterocycles. The van der Waals surface area contributed by atoms with Crippen molar-refractivity contribution in [1.82, 2.24) is 0 Å². The maximum absolute atomic E-state index is 9.19. The molecule has 1 aliphatic rings. The Labute approximate surface area is 183 Å². The molecule has 30 heavy (non-hydrogen) atoms. The van der Waals surface area contributed by atoms with E-state index in [4.69, 9.17) is 0 Å². The van der Waals surface area contributed by atoms with Crippen molar-refractivity contribution in [3.8, 4) is 0 Å². The van der Waals surface area contributed by atoms with Crippen LogP contribution in [0.25, 0.3) is 0 Å². The Morgan fingerprint density at radius 2 is 1.23 bits per heavy atom. The molecule has 1 fully saturated rings. The lowest BCUT2D eigenvalue weighted by Crippen LogP contribution is -2.13. The summed E-state index contributed by atoms with van der Waals surface area (Å²) in [6, 6.07) is 18.3. The maximum atomic E-state index is 9.19. The lowest BCUT2D eigenvalue weighted by atomic mass is 9.77. The van der Waals surface area contributed by atoms with Gasteiger partial charge in [-0.3, -0.25) is 0 Å². The molecule has 0 radical (unpaired) electrons. The van der Waals surface area contributed by atoms with Crippen molar-refractivity contribution in [2.75, 3.05) is 13.2 Å². The third kappa shape index (κ3) is 6.96. The van der Waals surface area contributed by atoms with Gasteiger partial charge >= 0.3 is 0 Å². The molecule has 2 aromatic carbocycles. The number of hydrogen-bond acceptors (Lipinski definition) is 2.